The third-order valence-electron chi connectivity index (χ3n) is 2.98. The summed E-state index contributed by atoms with van der Waals surface area (Å²) in [4.78, 5) is 8.63. The molecule has 3 rings (SSSR count). The first-order chi connectivity index (χ1) is 8.43. The number of piperidine rings is 1. The predicted octanol–water partition coefficient (Wildman–Crippen LogP) is 1.60. The highest BCUT2D eigenvalue weighted by Crippen LogP contribution is 2.23. The van der Waals surface area contributed by atoms with Gasteiger partial charge in [0.05, 0.1) is 5.92 Å². The molecule has 0 aliphatic carbocycles. The number of rotatable bonds is 2. The minimum absolute atomic E-state index is 0.341. The Bertz CT molecular complexity index is 476. The highest BCUT2D eigenvalue weighted by molar-refractivity contribution is 5.47. The fraction of sp³-hybridized carbons (Fsp3) is 0.417. The van der Waals surface area contributed by atoms with Gasteiger partial charge in [0.15, 0.2) is 0 Å². The van der Waals surface area contributed by atoms with Crippen LogP contribution in [-0.4, -0.2) is 28.2 Å². The van der Waals surface area contributed by atoms with Crippen LogP contribution < -0.4 is 5.32 Å². The average Bonchev–Trinajstić information content (AvgIpc) is 2.90. The predicted molar refractivity (Wildman–Crippen MR) is 62.4 cm³/mol. The van der Waals surface area contributed by atoms with Crippen LogP contribution in [0.4, 0.5) is 0 Å². The van der Waals surface area contributed by atoms with Crippen LogP contribution in [0.3, 0.4) is 0 Å². The molecule has 5 nitrogen and oxygen atoms in total. The van der Waals surface area contributed by atoms with Crippen molar-refractivity contribution in [2.45, 2.75) is 18.8 Å². The van der Waals surface area contributed by atoms with Crippen molar-refractivity contribution < 1.29 is 4.52 Å². The molecule has 3 heterocycles. The summed E-state index contributed by atoms with van der Waals surface area (Å²) in [7, 11) is 0. The summed E-state index contributed by atoms with van der Waals surface area (Å²) in [5.74, 6) is 1.64. The van der Waals surface area contributed by atoms with Gasteiger partial charge >= 0.3 is 0 Å². The van der Waals surface area contributed by atoms with Crippen molar-refractivity contribution in [3.63, 3.8) is 0 Å². The molecule has 1 atom stereocenters. The maximum absolute atomic E-state index is 5.32. The smallest absolute Gasteiger partial charge is 0.231 e. The van der Waals surface area contributed by atoms with Crippen molar-refractivity contribution >= 4 is 0 Å². The second kappa shape index (κ2) is 4.63. The van der Waals surface area contributed by atoms with Gasteiger partial charge < -0.3 is 9.84 Å². The van der Waals surface area contributed by atoms with Crippen LogP contribution in [0.25, 0.3) is 11.5 Å². The highest BCUT2D eigenvalue weighted by atomic mass is 16.5. The summed E-state index contributed by atoms with van der Waals surface area (Å²) in [6.07, 6.45) is 4.00. The maximum Gasteiger partial charge on any atom is 0.231 e. The summed E-state index contributed by atoms with van der Waals surface area (Å²) in [5.41, 5.74) is 0.756. The van der Waals surface area contributed by atoms with Gasteiger partial charge in [-0.2, -0.15) is 4.98 Å². The molecule has 0 spiro atoms. The monoisotopic (exact) mass is 230 g/mol. The number of nitrogens with one attached hydrogen (secondary N) is 1. The van der Waals surface area contributed by atoms with Gasteiger partial charge in [-0.3, -0.25) is 4.98 Å². The zero-order valence-corrected chi connectivity index (χ0v) is 9.47. The lowest BCUT2D eigenvalue weighted by molar-refractivity contribution is 0.322. The topological polar surface area (TPSA) is 63.8 Å². The van der Waals surface area contributed by atoms with Crippen LogP contribution in [0.15, 0.2) is 28.9 Å². The molecule has 2 aromatic rings. The van der Waals surface area contributed by atoms with E-state index in [2.05, 4.69) is 20.4 Å². The van der Waals surface area contributed by atoms with Gasteiger partial charge in [-0.15, -0.1) is 0 Å². The van der Waals surface area contributed by atoms with E-state index in [9.17, 15) is 0 Å². The molecule has 1 aliphatic heterocycles. The van der Waals surface area contributed by atoms with Crippen LogP contribution in [-0.2, 0) is 0 Å². The molecule has 0 aromatic carbocycles. The first-order valence-electron chi connectivity index (χ1n) is 5.89. The normalized spacial score (nSPS) is 20.4. The van der Waals surface area contributed by atoms with Crippen LogP contribution >= 0.6 is 0 Å². The van der Waals surface area contributed by atoms with E-state index in [0.29, 0.717) is 11.7 Å². The quantitative estimate of drug-likeness (QED) is 0.849. The Morgan fingerprint density at radius 1 is 1.35 bits per heavy atom. The second-order valence-corrected chi connectivity index (χ2v) is 4.21. The van der Waals surface area contributed by atoms with E-state index >= 15 is 0 Å². The van der Waals surface area contributed by atoms with Crippen molar-refractivity contribution in [2.24, 2.45) is 0 Å². The molecule has 1 aliphatic rings. The van der Waals surface area contributed by atoms with Crippen LogP contribution in [0, 0.1) is 0 Å². The summed E-state index contributed by atoms with van der Waals surface area (Å²) in [5, 5.41) is 7.32. The van der Waals surface area contributed by atoms with Gasteiger partial charge in [0.25, 0.3) is 0 Å². The van der Waals surface area contributed by atoms with Gasteiger partial charge in [0.2, 0.25) is 11.7 Å². The Balaban J connectivity index is 1.83. The number of hydrogen-bond acceptors (Lipinski definition) is 5. The van der Waals surface area contributed by atoms with E-state index in [-0.39, 0.29) is 0 Å². The molecule has 1 fully saturated rings. The average molecular weight is 230 g/mol. The molecule has 0 bridgehead atoms. The minimum Gasteiger partial charge on any atom is -0.339 e. The maximum atomic E-state index is 5.32. The summed E-state index contributed by atoms with van der Waals surface area (Å²) in [6, 6.07) is 5.67. The van der Waals surface area contributed by atoms with Gasteiger partial charge in [-0.1, -0.05) is 11.2 Å². The Kier molecular flexibility index (Phi) is 2.83. The van der Waals surface area contributed by atoms with Crippen molar-refractivity contribution in [2.75, 3.05) is 13.1 Å². The summed E-state index contributed by atoms with van der Waals surface area (Å²) < 4.78 is 5.32. The molecular formula is C12H14N4O. The molecular weight excluding hydrogens is 216 g/mol. The third-order valence-corrected chi connectivity index (χ3v) is 2.98. The van der Waals surface area contributed by atoms with Crippen LogP contribution in [0.2, 0.25) is 0 Å². The standard InChI is InChI=1S/C12H14N4O/c1-2-7-14-10(5-1)11-15-12(17-16-11)9-4-3-6-13-8-9/h1-2,5,7,9,13H,3-4,6,8H2/t9-/m1/s1. The molecule has 1 saturated heterocycles. The SMILES string of the molecule is c1ccc(-c2noc([C@@H]3CCCNC3)n2)nc1. The van der Waals surface area contributed by atoms with E-state index in [4.69, 9.17) is 4.52 Å². The lowest BCUT2D eigenvalue weighted by Crippen LogP contribution is -2.28. The van der Waals surface area contributed by atoms with Crippen molar-refractivity contribution in [1.29, 1.82) is 0 Å². The van der Waals surface area contributed by atoms with Gasteiger partial charge in [0.1, 0.15) is 5.69 Å². The fourth-order valence-electron chi connectivity index (χ4n) is 2.06. The molecule has 88 valence electrons. The van der Waals surface area contributed by atoms with Crippen LogP contribution in [0.5, 0.6) is 0 Å². The number of hydrogen-bond donors (Lipinski definition) is 1. The van der Waals surface area contributed by atoms with Crippen molar-refractivity contribution in [3.8, 4) is 11.5 Å². The number of nitrogens with zero attached hydrogens (tertiary/aromatic N) is 3. The van der Waals surface area contributed by atoms with E-state index in [1.807, 2.05) is 18.2 Å². The van der Waals surface area contributed by atoms with E-state index < -0.39 is 0 Å². The first kappa shape index (κ1) is 10.4. The Morgan fingerprint density at radius 2 is 2.35 bits per heavy atom. The zero-order chi connectivity index (χ0) is 11.5. The van der Waals surface area contributed by atoms with Gasteiger partial charge in [0, 0.05) is 12.7 Å². The molecule has 5 heteroatoms. The Morgan fingerprint density at radius 3 is 3.12 bits per heavy atom. The van der Waals surface area contributed by atoms with Gasteiger partial charge in [-0.05, 0) is 31.5 Å². The van der Waals surface area contributed by atoms with Gasteiger partial charge in [-0.25, -0.2) is 0 Å². The van der Waals surface area contributed by atoms with E-state index in [1.54, 1.807) is 6.20 Å². The lowest BCUT2D eigenvalue weighted by atomic mass is 10.00. The Labute approximate surface area is 99.3 Å². The number of pyridine rings is 1. The summed E-state index contributed by atoms with van der Waals surface area (Å²) in [6.45, 7) is 2.00. The molecule has 0 unspecified atom stereocenters. The largest absolute Gasteiger partial charge is 0.339 e. The molecule has 0 radical (unpaired) electrons. The zero-order valence-electron chi connectivity index (χ0n) is 9.47. The summed E-state index contributed by atoms with van der Waals surface area (Å²) >= 11 is 0. The van der Waals surface area contributed by atoms with E-state index in [0.717, 1.165) is 37.5 Å². The molecule has 0 amide bonds. The van der Waals surface area contributed by atoms with E-state index in [1.165, 1.54) is 0 Å². The Hall–Kier alpha value is -1.75. The molecule has 0 saturated carbocycles. The molecule has 1 N–H and O–H groups in total. The highest BCUT2D eigenvalue weighted by Gasteiger charge is 2.21. The third kappa shape index (κ3) is 2.19. The number of aromatic nitrogens is 3. The lowest BCUT2D eigenvalue weighted by Gasteiger charge is -2.18. The first-order valence-corrected chi connectivity index (χ1v) is 5.89. The fourth-order valence-corrected chi connectivity index (χ4v) is 2.06. The second-order valence-electron chi connectivity index (χ2n) is 4.21. The molecule has 2 aromatic heterocycles. The van der Waals surface area contributed by atoms with Crippen molar-refractivity contribution in [1.82, 2.24) is 20.4 Å². The minimum atomic E-state index is 0.341. The van der Waals surface area contributed by atoms with Crippen LogP contribution in [0.1, 0.15) is 24.7 Å². The van der Waals surface area contributed by atoms with Crippen molar-refractivity contribution in [3.05, 3.63) is 30.3 Å². The molecule has 17 heavy (non-hydrogen) atoms.